The van der Waals surface area contributed by atoms with E-state index in [2.05, 4.69) is 5.32 Å². The van der Waals surface area contributed by atoms with E-state index in [1.165, 1.54) is 6.07 Å². The maximum atomic E-state index is 13.8. The molecule has 20 heavy (non-hydrogen) atoms. The summed E-state index contributed by atoms with van der Waals surface area (Å²) >= 11 is 0. The van der Waals surface area contributed by atoms with Crippen molar-refractivity contribution in [2.75, 3.05) is 0 Å². The molecular formula is C15H20FNO3. The van der Waals surface area contributed by atoms with Crippen LogP contribution in [0.15, 0.2) is 18.2 Å². The topological polar surface area (TPSA) is 69.6 Å². The summed E-state index contributed by atoms with van der Waals surface area (Å²) in [6.07, 6.45) is 3.09. The molecule has 1 saturated carbocycles. The highest BCUT2D eigenvalue weighted by Crippen LogP contribution is 2.27. The van der Waals surface area contributed by atoms with Crippen molar-refractivity contribution in [1.29, 1.82) is 0 Å². The van der Waals surface area contributed by atoms with Crippen molar-refractivity contribution >= 4 is 5.97 Å². The Morgan fingerprint density at radius 3 is 2.85 bits per heavy atom. The number of rotatable bonds is 4. The smallest absolute Gasteiger partial charge is 0.306 e. The van der Waals surface area contributed by atoms with Crippen LogP contribution in [0.3, 0.4) is 0 Å². The second-order valence-corrected chi connectivity index (χ2v) is 5.49. The van der Waals surface area contributed by atoms with Crippen LogP contribution in [0.2, 0.25) is 0 Å². The molecule has 1 fully saturated rings. The number of aliphatic carboxylic acids is 1. The zero-order valence-electron chi connectivity index (χ0n) is 11.5. The van der Waals surface area contributed by atoms with Crippen LogP contribution in [-0.2, 0) is 4.79 Å². The standard InChI is InChI=1S/C15H20FNO3/c1-9(13-6-5-12(18)8-14(13)16)17-11-4-2-3-10(7-11)15(19)20/h5-6,8-11,17-18H,2-4,7H2,1H3,(H,19,20). The van der Waals surface area contributed by atoms with Gasteiger partial charge in [-0.25, -0.2) is 4.39 Å². The normalized spacial score (nSPS) is 24.3. The van der Waals surface area contributed by atoms with Crippen molar-refractivity contribution in [1.82, 2.24) is 5.32 Å². The van der Waals surface area contributed by atoms with E-state index in [0.717, 1.165) is 25.3 Å². The molecule has 0 bridgehead atoms. The minimum absolute atomic E-state index is 0.0908. The van der Waals surface area contributed by atoms with Crippen LogP contribution in [0.1, 0.15) is 44.2 Å². The number of carbonyl (C=O) groups is 1. The predicted octanol–water partition coefficient (Wildman–Crippen LogP) is 2.83. The average Bonchev–Trinajstić information content (AvgIpc) is 2.38. The van der Waals surface area contributed by atoms with Crippen LogP contribution in [0.25, 0.3) is 0 Å². The predicted molar refractivity (Wildman–Crippen MR) is 73.0 cm³/mol. The lowest BCUT2D eigenvalue weighted by Crippen LogP contribution is -2.38. The molecule has 1 aliphatic rings. The van der Waals surface area contributed by atoms with E-state index in [9.17, 15) is 14.3 Å². The summed E-state index contributed by atoms with van der Waals surface area (Å²) in [7, 11) is 0. The summed E-state index contributed by atoms with van der Waals surface area (Å²) in [5.74, 6) is -1.60. The number of phenolic OH excluding ortho intramolecular Hbond substituents is 1. The van der Waals surface area contributed by atoms with E-state index >= 15 is 0 Å². The van der Waals surface area contributed by atoms with E-state index in [1.54, 1.807) is 6.07 Å². The van der Waals surface area contributed by atoms with E-state index in [4.69, 9.17) is 5.11 Å². The third-order valence-electron chi connectivity index (χ3n) is 3.96. The Labute approximate surface area is 117 Å². The number of hydrogen-bond acceptors (Lipinski definition) is 3. The van der Waals surface area contributed by atoms with Crippen molar-refractivity contribution in [3.63, 3.8) is 0 Å². The quantitative estimate of drug-likeness (QED) is 0.793. The van der Waals surface area contributed by atoms with Crippen LogP contribution < -0.4 is 5.32 Å². The van der Waals surface area contributed by atoms with Crippen LogP contribution in [0, 0.1) is 11.7 Å². The maximum Gasteiger partial charge on any atom is 0.306 e. The SMILES string of the molecule is CC(NC1CCCC(C(=O)O)C1)c1ccc(O)cc1F. The van der Waals surface area contributed by atoms with Crippen LogP contribution in [0.5, 0.6) is 5.75 Å². The summed E-state index contributed by atoms with van der Waals surface area (Å²) < 4.78 is 13.8. The highest BCUT2D eigenvalue weighted by Gasteiger charge is 2.28. The molecule has 4 nitrogen and oxygen atoms in total. The Balaban J connectivity index is 2.00. The molecule has 3 atom stereocenters. The van der Waals surface area contributed by atoms with Gasteiger partial charge in [-0.2, -0.15) is 0 Å². The van der Waals surface area contributed by atoms with E-state index in [0.29, 0.717) is 12.0 Å². The molecule has 1 aromatic carbocycles. The summed E-state index contributed by atoms with van der Waals surface area (Å²) in [5, 5.41) is 21.6. The minimum Gasteiger partial charge on any atom is -0.508 e. The second kappa shape index (κ2) is 6.22. The first-order valence-corrected chi connectivity index (χ1v) is 6.94. The summed E-state index contributed by atoms with van der Waals surface area (Å²) in [6.45, 7) is 1.85. The van der Waals surface area contributed by atoms with Crippen molar-refractivity contribution in [2.45, 2.75) is 44.7 Å². The molecule has 2 rings (SSSR count). The van der Waals surface area contributed by atoms with Gasteiger partial charge in [-0.05, 0) is 32.3 Å². The lowest BCUT2D eigenvalue weighted by molar-refractivity contribution is -0.143. The molecule has 5 heteroatoms. The Hall–Kier alpha value is -1.62. The Kier molecular flexibility index (Phi) is 4.60. The Bertz CT molecular complexity index is 492. The summed E-state index contributed by atoms with van der Waals surface area (Å²) in [5.41, 5.74) is 0.486. The van der Waals surface area contributed by atoms with Gasteiger partial charge in [-0.1, -0.05) is 12.5 Å². The van der Waals surface area contributed by atoms with Crippen LogP contribution in [-0.4, -0.2) is 22.2 Å². The fourth-order valence-corrected chi connectivity index (χ4v) is 2.88. The Morgan fingerprint density at radius 2 is 2.20 bits per heavy atom. The summed E-state index contributed by atoms with van der Waals surface area (Å²) in [4.78, 5) is 11.0. The van der Waals surface area contributed by atoms with Gasteiger partial charge in [0.25, 0.3) is 0 Å². The van der Waals surface area contributed by atoms with Crippen LogP contribution in [0.4, 0.5) is 4.39 Å². The van der Waals surface area contributed by atoms with Gasteiger partial charge in [0.05, 0.1) is 5.92 Å². The van der Waals surface area contributed by atoms with E-state index in [-0.39, 0.29) is 23.8 Å². The lowest BCUT2D eigenvalue weighted by Gasteiger charge is -2.30. The first kappa shape index (κ1) is 14.8. The van der Waals surface area contributed by atoms with Crippen molar-refractivity contribution in [2.24, 2.45) is 5.92 Å². The molecule has 0 aromatic heterocycles. The molecule has 1 aliphatic carbocycles. The molecular weight excluding hydrogens is 261 g/mol. The molecule has 0 spiro atoms. The number of carboxylic acid groups (broad SMARTS) is 1. The number of halogens is 1. The molecule has 0 saturated heterocycles. The van der Waals surface area contributed by atoms with Gasteiger partial charge in [0, 0.05) is 23.7 Å². The van der Waals surface area contributed by atoms with E-state index in [1.807, 2.05) is 6.92 Å². The van der Waals surface area contributed by atoms with Crippen molar-refractivity contribution in [3.8, 4) is 5.75 Å². The molecule has 110 valence electrons. The Morgan fingerprint density at radius 1 is 1.45 bits per heavy atom. The first-order valence-electron chi connectivity index (χ1n) is 6.94. The molecule has 0 radical (unpaired) electrons. The summed E-state index contributed by atoms with van der Waals surface area (Å²) in [6, 6.07) is 3.98. The fourth-order valence-electron chi connectivity index (χ4n) is 2.88. The number of carboxylic acids is 1. The molecule has 0 heterocycles. The number of phenols is 1. The van der Waals surface area contributed by atoms with Gasteiger partial charge in [-0.3, -0.25) is 4.79 Å². The lowest BCUT2D eigenvalue weighted by atomic mass is 9.85. The highest BCUT2D eigenvalue weighted by atomic mass is 19.1. The number of hydrogen-bond donors (Lipinski definition) is 3. The van der Waals surface area contributed by atoms with Gasteiger partial charge in [0.1, 0.15) is 11.6 Å². The number of aromatic hydroxyl groups is 1. The van der Waals surface area contributed by atoms with Gasteiger partial charge in [0.2, 0.25) is 0 Å². The number of nitrogens with one attached hydrogen (secondary N) is 1. The van der Waals surface area contributed by atoms with Crippen molar-refractivity contribution < 1.29 is 19.4 Å². The third kappa shape index (κ3) is 3.48. The first-order chi connectivity index (χ1) is 9.47. The van der Waals surface area contributed by atoms with Gasteiger partial charge >= 0.3 is 5.97 Å². The van der Waals surface area contributed by atoms with E-state index < -0.39 is 11.8 Å². The molecule has 3 unspecified atom stereocenters. The zero-order valence-corrected chi connectivity index (χ0v) is 11.5. The average molecular weight is 281 g/mol. The molecule has 3 N–H and O–H groups in total. The van der Waals surface area contributed by atoms with Gasteiger partial charge < -0.3 is 15.5 Å². The molecule has 0 aliphatic heterocycles. The number of benzene rings is 1. The van der Waals surface area contributed by atoms with Crippen LogP contribution >= 0.6 is 0 Å². The second-order valence-electron chi connectivity index (χ2n) is 5.49. The minimum atomic E-state index is -0.750. The molecule has 1 aromatic rings. The van der Waals surface area contributed by atoms with Crippen molar-refractivity contribution in [3.05, 3.63) is 29.6 Å². The van der Waals surface area contributed by atoms with Gasteiger partial charge in [-0.15, -0.1) is 0 Å². The molecule has 0 amide bonds. The largest absolute Gasteiger partial charge is 0.508 e. The maximum absolute atomic E-state index is 13.8. The highest BCUT2D eigenvalue weighted by molar-refractivity contribution is 5.70. The third-order valence-corrected chi connectivity index (χ3v) is 3.96. The fraction of sp³-hybridized carbons (Fsp3) is 0.533. The monoisotopic (exact) mass is 281 g/mol. The zero-order chi connectivity index (χ0) is 14.7. The van der Waals surface area contributed by atoms with Gasteiger partial charge in [0.15, 0.2) is 0 Å².